The standard InChI is InChI=1S/C24H28N2O2/c27-23-19(11-10-18-6-4-5-9-22(18)23)12-15-26-16-13-21(14-17-26)25-24(28)20-7-2-1-3-8-20/h1-9,19,21H,10-17H2,(H,25,28). The van der Waals surface area contributed by atoms with Crippen molar-refractivity contribution >= 4 is 11.7 Å². The lowest BCUT2D eigenvalue weighted by Crippen LogP contribution is -2.45. The van der Waals surface area contributed by atoms with E-state index in [9.17, 15) is 9.59 Å². The molecule has 0 saturated carbocycles. The minimum Gasteiger partial charge on any atom is -0.349 e. The number of Topliss-reactive ketones (excluding diaryl/α,β-unsaturated/α-hetero) is 1. The van der Waals surface area contributed by atoms with Gasteiger partial charge < -0.3 is 10.2 Å². The summed E-state index contributed by atoms with van der Waals surface area (Å²) in [6.45, 7) is 2.94. The molecule has 0 radical (unpaired) electrons. The van der Waals surface area contributed by atoms with Gasteiger partial charge in [-0.25, -0.2) is 0 Å². The van der Waals surface area contributed by atoms with Crippen molar-refractivity contribution in [2.45, 2.75) is 38.1 Å². The smallest absolute Gasteiger partial charge is 0.251 e. The van der Waals surface area contributed by atoms with Gasteiger partial charge in [0.2, 0.25) is 0 Å². The Kier molecular flexibility index (Phi) is 5.87. The number of carbonyl (C=O) groups excluding carboxylic acids is 2. The zero-order valence-electron chi connectivity index (χ0n) is 16.3. The lowest BCUT2D eigenvalue weighted by molar-refractivity contribution is 0.0859. The van der Waals surface area contributed by atoms with Crippen molar-refractivity contribution in [1.29, 1.82) is 0 Å². The summed E-state index contributed by atoms with van der Waals surface area (Å²) in [5, 5.41) is 3.16. The zero-order chi connectivity index (χ0) is 19.3. The number of benzene rings is 2. The number of piperidine rings is 1. The SMILES string of the molecule is O=C(NC1CCN(CCC2CCc3ccccc3C2=O)CC1)c1ccccc1. The molecular formula is C24H28N2O2. The largest absolute Gasteiger partial charge is 0.349 e. The Balaban J connectivity index is 1.22. The maximum absolute atomic E-state index is 12.7. The van der Waals surface area contributed by atoms with Crippen LogP contribution >= 0.6 is 0 Å². The Morgan fingerprint density at radius 2 is 1.68 bits per heavy atom. The fourth-order valence-corrected chi connectivity index (χ4v) is 4.43. The number of nitrogens with zero attached hydrogens (tertiary/aromatic N) is 1. The number of rotatable bonds is 5. The predicted octanol–water partition coefficient (Wildman–Crippen LogP) is 3.72. The van der Waals surface area contributed by atoms with Gasteiger partial charge in [0, 0.05) is 36.2 Å². The molecule has 1 fully saturated rings. The number of nitrogens with one attached hydrogen (secondary N) is 1. The van der Waals surface area contributed by atoms with Crippen LogP contribution in [0.1, 0.15) is 52.0 Å². The molecule has 1 amide bonds. The molecule has 2 aromatic rings. The highest BCUT2D eigenvalue weighted by Crippen LogP contribution is 2.28. The number of carbonyl (C=O) groups is 2. The van der Waals surface area contributed by atoms with Crippen molar-refractivity contribution in [2.24, 2.45) is 5.92 Å². The first-order valence-electron chi connectivity index (χ1n) is 10.4. The van der Waals surface area contributed by atoms with E-state index >= 15 is 0 Å². The van der Waals surface area contributed by atoms with Crippen LogP contribution in [0.3, 0.4) is 0 Å². The fourth-order valence-electron chi connectivity index (χ4n) is 4.43. The van der Waals surface area contributed by atoms with Crippen LogP contribution in [0.2, 0.25) is 0 Å². The van der Waals surface area contributed by atoms with E-state index in [0.29, 0.717) is 5.78 Å². The Bertz CT molecular complexity index is 826. The first-order valence-corrected chi connectivity index (χ1v) is 10.4. The van der Waals surface area contributed by atoms with E-state index in [1.54, 1.807) is 0 Å². The second-order valence-corrected chi connectivity index (χ2v) is 8.00. The maximum Gasteiger partial charge on any atom is 0.251 e. The molecule has 4 rings (SSSR count). The normalized spacial score (nSPS) is 20.6. The van der Waals surface area contributed by atoms with Gasteiger partial charge in [-0.2, -0.15) is 0 Å². The minimum atomic E-state index is 0.0190. The number of likely N-dealkylation sites (tertiary alicyclic amines) is 1. The van der Waals surface area contributed by atoms with Gasteiger partial charge in [-0.05, 0) is 56.3 Å². The highest BCUT2D eigenvalue weighted by Gasteiger charge is 2.28. The molecule has 1 unspecified atom stereocenters. The van der Waals surface area contributed by atoms with Crippen LogP contribution in [0.15, 0.2) is 54.6 Å². The molecule has 0 spiro atoms. The van der Waals surface area contributed by atoms with Crippen LogP contribution in [0, 0.1) is 5.92 Å². The summed E-state index contributed by atoms with van der Waals surface area (Å²) in [5.74, 6) is 0.503. The lowest BCUT2D eigenvalue weighted by Gasteiger charge is -2.33. The molecule has 1 N–H and O–H groups in total. The average Bonchev–Trinajstić information content (AvgIpc) is 2.75. The summed E-state index contributed by atoms with van der Waals surface area (Å²) in [4.78, 5) is 27.5. The topological polar surface area (TPSA) is 49.4 Å². The first kappa shape index (κ1) is 18.9. The van der Waals surface area contributed by atoms with Crippen molar-refractivity contribution in [3.8, 4) is 0 Å². The predicted molar refractivity (Wildman–Crippen MR) is 111 cm³/mol. The molecule has 0 bridgehead atoms. The number of amides is 1. The molecular weight excluding hydrogens is 348 g/mol. The molecule has 2 aromatic carbocycles. The van der Waals surface area contributed by atoms with Crippen LogP contribution in [-0.4, -0.2) is 42.3 Å². The quantitative estimate of drug-likeness (QED) is 0.865. The molecule has 4 nitrogen and oxygen atoms in total. The number of fused-ring (bicyclic) bond motifs is 1. The first-order chi connectivity index (χ1) is 13.7. The monoisotopic (exact) mass is 376 g/mol. The summed E-state index contributed by atoms with van der Waals surface area (Å²) in [6.07, 6.45) is 4.87. The summed E-state index contributed by atoms with van der Waals surface area (Å²) in [7, 11) is 0. The van der Waals surface area contributed by atoms with Crippen molar-refractivity contribution < 1.29 is 9.59 Å². The van der Waals surface area contributed by atoms with Gasteiger partial charge in [0.15, 0.2) is 5.78 Å². The van der Waals surface area contributed by atoms with Crippen LogP contribution in [-0.2, 0) is 6.42 Å². The summed E-state index contributed by atoms with van der Waals surface area (Å²) in [5.41, 5.74) is 2.86. The molecule has 1 atom stereocenters. The molecule has 0 aromatic heterocycles. The van der Waals surface area contributed by atoms with E-state index in [1.807, 2.05) is 48.5 Å². The third-order valence-electron chi connectivity index (χ3n) is 6.17. The second kappa shape index (κ2) is 8.70. The summed E-state index contributed by atoms with van der Waals surface area (Å²) in [6, 6.07) is 17.7. The number of hydrogen-bond donors (Lipinski definition) is 1. The van der Waals surface area contributed by atoms with E-state index in [0.717, 1.165) is 62.9 Å². The van der Waals surface area contributed by atoms with E-state index in [2.05, 4.69) is 16.3 Å². The molecule has 28 heavy (non-hydrogen) atoms. The van der Waals surface area contributed by atoms with Crippen LogP contribution in [0.25, 0.3) is 0 Å². The summed E-state index contributed by atoms with van der Waals surface area (Å²) >= 11 is 0. The second-order valence-electron chi connectivity index (χ2n) is 8.00. The van der Waals surface area contributed by atoms with Gasteiger partial charge in [-0.3, -0.25) is 9.59 Å². The van der Waals surface area contributed by atoms with E-state index in [-0.39, 0.29) is 17.9 Å². The molecule has 1 aliphatic heterocycles. The highest BCUT2D eigenvalue weighted by molar-refractivity contribution is 6.00. The summed E-state index contributed by atoms with van der Waals surface area (Å²) < 4.78 is 0. The van der Waals surface area contributed by atoms with Crippen molar-refractivity contribution in [3.63, 3.8) is 0 Å². The number of aryl methyl sites for hydroxylation is 1. The number of ketones is 1. The van der Waals surface area contributed by atoms with Crippen molar-refractivity contribution in [1.82, 2.24) is 10.2 Å². The molecule has 1 heterocycles. The van der Waals surface area contributed by atoms with Crippen molar-refractivity contribution in [3.05, 3.63) is 71.3 Å². The molecule has 1 saturated heterocycles. The maximum atomic E-state index is 12.7. The molecule has 146 valence electrons. The molecule has 2 aliphatic rings. The average molecular weight is 377 g/mol. The van der Waals surface area contributed by atoms with E-state index in [4.69, 9.17) is 0 Å². The fraction of sp³-hybridized carbons (Fsp3) is 0.417. The van der Waals surface area contributed by atoms with E-state index in [1.165, 1.54) is 5.56 Å². The van der Waals surface area contributed by atoms with Crippen LogP contribution in [0.4, 0.5) is 0 Å². The van der Waals surface area contributed by atoms with Gasteiger partial charge in [0.1, 0.15) is 0 Å². The Morgan fingerprint density at radius 1 is 0.964 bits per heavy atom. The lowest BCUT2D eigenvalue weighted by atomic mass is 9.81. The van der Waals surface area contributed by atoms with Crippen LogP contribution < -0.4 is 5.32 Å². The van der Waals surface area contributed by atoms with Crippen LogP contribution in [0.5, 0.6) is 0 Å². The van der Waals surface area contributed by atoms with Gasteiger partial charge in [0.25, 0.3) is 5.91 Å². The molecule has 1 aliphatic carbocycles. The Labute approximate surface area is 166 Å². The Hall–Kier alpha value is -2.46. The van der Waals surface area contributed by atoms with Gasteiger partial charge in [-0.15, -0.1) is 0 Å². The third kappa shape index (κ3) is 4.33. The highest BCUT2D eigenvalue weighted by atomic mass is 16.1. The minimum absolute atomic E-state index is 0.0190. The van der Waals surface area contributed by atoms with Gasteiger partial charge >= 0.3 is 0 Å². The zero-order valence-corrected chi connectivity index (χ0v) is 16.3. The van der Waals surface area contributed by atoms with E-state index < -0.39 is 0 Å². The molecule has 4 heteroatoms. The number of hydrogen-bond acceptors (Lipinski definition) is 3. The van der Waals surface area contributed by atoms with Crippen molar-refractivity contribution in [2.75, 3.05) is 19.6 Å². The third-order valence-corrected chi connectivity index (χ3v) is 6.17. The Morgan fingerprint density at radius 3 is 2.46 bits per heavy atom. The van der Waals surface area contributed by atoms with Gasteiger partial charge in [0.05, 0.1) is 0 Å². The van der Waals surface area contributed by atoms with Gasteiger partial charge in [-0.1, -0.05) is 42.5 Å².